The van der Waals surface area contributed by atoms with Gasteiger partial charge in [-0.05, 0) is 12.1 Å². The lowest BCUT2D eigenvalue weighted by Gasteiger charge is -2.02. The first-order chi connectivity index (χ1) is 6.50. The van der Waals surface area contributed by atoms with Crippen LogP contribution in [0, 0.1) is 10.1 Å². The first kappa shape index (κ1) is 10.5. The van der Waals surface area contributed by atoms with Crippen LogP contribution in [0.15, 0.2) is 22.7 Å². The zero-order valence-electron chi connectivity index (χ0n) is 6.86. The van der Waals surface area contributed by atoms with Gasteiger partial charge in [0.2, 0.25) is 0 Å². The van der Waals surface area contributed by atoms with Crippen LogP contribution in [0.3, 0.4) is 0 Å². The van der Waals surface area contributed by atoms with E-state index >= 15 is 0 Å². The molecule has 6 nitrogen and oxygen atoms in total. The van der Waals surface area contributed by atoms with Gasteiger partial charge >= 0.3 is 6.03 Å². The van der Waals surface area contributed by atoms with Gasteiger partial charge in [0.05, 0.1) is 4.92 Å². The van der Waals surface area contributed by atoms with E-state index in [1.807, 2.05) is 0 Å². The van der Waals surface area contributed by atoms with Crippen LogP contribution in [-0.2, 0) is 0 Å². The quantitative estimate of drug-likeness (QED) is 0.626. The zero-order chi connectivity index (χ0) is 10.7. The summed E-state index contributed by atoms with van der Waals surface area (Å²) < 4.78 is 0.555. The third-order valence-electron chi connectivity index (χ3n) is 1.41. The molecule has 0 aliphatic rings. The van der Waals surface area contributed by atoms with Gasteiger partial charge in [-0.2, -0.15) is 0 Å². The Kier molecular flexibility index (Phi) is 3.03. The maximum absolute atomic E-state index is 10.5. The topological polar surface area (TPSA) is 98.3 Å². The summed E-state index contributed by atoms with van der Waals surface area (Å²) in [5.74, 6) is 0. The van der Waals surface area contributed by atoms with Gasteiger partial charge in [0.25, 0.3) is 5.69 Å². The molecular formula is C7H6BrN3O3. The van der Waals surface area contributed by atoms with Crippen LogP contribution in [0.25, 0.3) is 0 Å². The number of urea groups is 1. The molecule has 14 heavy (non-hydrogen) atoms. The Hall–Kier alpha value is -1.63. The second kappa shape index (κ2) is 4.05. The summed E-state index contributed by atoms with van der Waals surface area (Å²) >= 11 is 3.08. The van der Waals surface area contributed by atoms with Crippen LogP contribution < -0.4 is 11.1 Å². The molecule has 7 heteroatoms. The minimum Gasteiger partial charge on any atom is -0.351 e. The number of nitro groups is 1. The molecule has 1 aromatic rings. The Morgan fingerprint density at radius 3 is 2.71 bits per heavy atom. The molecule has 0 aliphatic carbocycles. The molecule has 0 radical (unpaired) electrons. The number of carbonyl (C=O) groups excluding carboxylic acids is 1. The van der Waals surface area contributed by atoms with Crippen LogP contribution in [-0.4, -0.2) is 11.0 Å². The van der Waals surface area contributed by atoms with Gasteiger partial charge in [-0.3, -0.25) is 10.1 Å². The van der Waals surface area contributed by atoms with E-state index in [2.05, 4.69) is 21.2 Å². The molecule has 2 amide bonds. The summed E-state index contributed by atoms with van der Waals surface area (Å²) in [6, 6.07) is 3.41. The van der Waals surface area contributed by atoms with Gasteiger partial charge in [-0.25, -0.2) is 4.79 Å². The molecule has 0 fully saturated rings. The van der Waals surface area contributed by atoms with Crippen molar-refractivity contribution in [2.45, 2.75) is 0 Å². The number of carbonyl (C=O) groups is 1. The predicted octanol–water partition coefficient (Wildman–Crippen LogP) is 1.85. The van der Waals surface area contributed by atoms with Crippen molar-refractivity contribution in [1.29, 1.82) is 0 Å². The summed E-state index contributed by atoms with van der Waals surface area (Å²) in [6.45, 7) is 0. The van der Waals surface area contributed by atoms with Crippen LogP contribution in [0.4, 0.5) is 16.2 Å². The average molecular weight is 260 g/mol. The first-order valence-corrected chi connectivity index (χ1v) is 4.30. The standard InChI is InChI=1S/C7H6BrN3O3/c8-4-1-2-5(10-7(9)12)6(3-4)11(13)14/h1-3H,(H3,9,10,12). The number of nitrogens with two attached hydrogens (primary N) is 1. The SMILES string of the molecule is NC(=O)Nc1ccc(Br)cc1[N+](=O)[O-]. The van der Waals surface area contributed by atoms with E-state index < -0.39 is 11.0 Å². The monoisotopic (exact) mass is 259 g/mol. The van der Waals surface area contributed by atoms with E-state index in [9.17, 15) is 14.9 Å². The van der Waals surface area contributed by atoms with Crippen molar-refractivity contribution in [3.63, 3.8) is 0 Å². The van der Waals surface area contributed by atoms with Crippen molar-refractivity contribution in [2.24, 2.45) is 5.73 Å². The number of rotatable bonds is 2. The minimum absolute atomic E-state index is 0.0747. The normalized spacial score (nSPS) is 9.50. The molecule has 0 spiro atoms. The van der Waals surface area contributed by atoms with E-state index in [1.54, 1.807) is 6.07 Å². The van der Waals surface area contributed by atoms with Gasteiger partial charge in [-0.1, -0.05) is 15.9 Å². The number of primary amides is 1. The lowest BCUT2D eigenvalue weighted by molar-refractivity contribution is -0.384. The summed E-state index contributed by atoms with van der Waals surface area (Å²) in [4.78, 5) is 20.5. The highest BCUT2D eigenvalue weighted by atomic mass is 79.9. The second-order valence-corrected chi connectivity index (χ2v) is 3.32. The Morgan fingerprint density at radius 1 is 1.57 bits per heavy atom. The highest BCUT2D eigenvalue weighted by Crippen LogP contribution is 2.27. The van der Waals surface area contributed by atoms with Crippen LogP contribution in [0.5, 0.6) is 0 Å². The second-order valence-electron chi connectivity index (χ2n) is 2.41. The van der Waals surface area contributed by atoms with Gasteiger partial charge in [0.1, 0.15) is 5.69 Å². The van der Waals surface area contributed by atoms with Gasteiger partial charge < -0.3 is 11.1 Å². The van der Waals surface area contributed by atoms with Gasteiger partial charge in [0, 0.05) is 10.5 Å². The third kappa shape index (κ3) is 2.43. The predicted molar refractivity (Wildman–Crippen MR) is 54.0 cm³/mol. The molecule has 0 aromatic heterocycles. The van der Waals surface area contributed by atoms with E-state index in [0.717, 1.165) is 0 Å². The van der Waals surface area contributed by atoms with E-state index in [0.29, 0.717) is 4.47 Å². The third-order valence-corrected chi connectivity index (χ3v) is 1.91. The Bertz CT molecular complexity index is 394. The average Bonchev–Trinajstić information content (AvgIpc) is 2.07. The molecule has 74 valence electrons. The van der Waals surface area contributed by atoms with Crippen LogP contribution >= 0.6 is 15.9 Å². The molecule has 1 aromatic carbocycles. The van der Waals surface area contributed by atoms with Crippen molar-refractivity contribution in [2.75, 3.05) is 5.32 Å². The van der Waals surface area contributed by atoms with Crippen molar-refractivity contribution >= 4 is 33.3 Å². The highest BCUT2D eigenvalue weighted by Gasteiger charge is 2.14. The summed E-state index contributed by atoms with van der Waals surface area (Å²) in [5, 5.41) is 12.7. The fraction of sp³-hybridized carbons (Fsp3) is 0. The van der Waals surface area contributed by atoms with E-state index in [4.69, 9.17) is 5.73 Å². The Labute approximate surface area is 87.4 Å². The number of nitrogens with one attached hydrogen (secondary N) is 1. The number of nitro benzene ring substituents is 1. The van der Waals surface area contributed by atoms with Crippen LogP contribution in [0.2, 0.25) is 0 Å². The molecular weight excluding hydrogens is 254 g/mol. The van der Waals surface area contributed by atoms with Crippen LogP contribution in [0.1, 0.15) is 0 Å². The maximum Gasteiger partial charge on any atom is 0.316 e. The molecule has 0 saturated carbocycles. The van der Waals surface area contributed by atoms with Crippen molar-refractivity contribution in [1.82, 2.24) is 0 Å². The number of amides is 2. The minimum atomic E-state index is -0.838. The summed E-state index contributed by atoms with van der Waals surface area (Å²) in [7, 11) is 0. The Balaban J connectivity index is 3.14. The first-order valence-electron chi connectivity index (χ1n) is 3.51. The fourth-order valence-corrected chi connectivity index (χ4v) is 1.24. The number of anilines is 1. The molecule has 0 bridgehead atoms. The van der Waals surface area contributed by atoms with E-state index in [1.165, 1.54) is 12.1 Å². The van der Waals surface area contributed by atoms with Gasteiger partial charge in [0.15, 0.2) is 0 Å². The zero-order valence-corrected chi connectivity index (χ0v) is 8.45. The lowest BCUT2D eigenvalue weighted by Crippen LogP contribution is -2.19. The molecule has 0 aliphatic heterocycles. The molecule has 0 heterocycles. The van der Waals surface area contributed by atoms with Crippen molar-refractivity contribution in [3.8, 4) is 0 Å². The largest absolute Gasteiger partial charge is 0.351 e. The molecule has 0 saturated heterocycles. The Morgan fingerprint density at radius 2 is 2.21 bits per heavy atom. The molecule has 3 N–H and O–H groups in total. The maximum atomic E-state index is 10.5. The van der Waals surface area contributed by atoms with Gasteiger partial charge in [-0.15, -0.1) is 0 Å². The van der Waals surface area contributed by atoms with Crippen molar-refractivity contribution in [3.05, 3.63) is 32.8 Å². The van der Waals surface area contributed by atoms with E-state index in [-0.39, 0.29) is 11.4 Å². The number of hydrogen-bond acceptors (Lipinski definition) is 3. The molecule has 0 unspecified atom stereocenters. The number of hydrogen-bond donors (Lipinski definition) is 2. The van der Waals surface area contributed by atoms with Crippen molar-refractivity contribution < 1.29 is 9.72 Å². The highest BCUT2D eigenvalue weighted by molar-refractivity contribution is 9.10. The summed E-state index contributed by atoms with van der Waals surface area (Å²) in [5.41, 5.74) is 4.71. The molecule has 0 atom stereocenters. The fourth-order valence-electron chi connectivity index (χ4n) is 0.894. The molecule has 1 rings (SSSR count). The summed E-state index contributed by atoms with van der Waals surface area (Å²) in [6.07, 6.45) is 0. The lowest BCUT2D eigenvalue weighted by atomic mass is 10.3. The number of halogens is 1. The number of nitrogens with zero attached hydrogens (tertiary/aromatic N) is 1. The smallest absolute Gasteiger partial charge is 0.316 e. The number of benzene rings is 1.